The van der Waals surface area contributed by atoms with Gasteiger partial charge in [0.15, 0.2) is 5.96 Å². The Morgan fingerprint density at radius 1 is 1.26 bits per heavy atom. The van der Waals surface area contributed by atoms with E-state index in [4.69, 9.17) is 0 Å². The van der Waals surface area contributed by atoms with Crippen molar-refractivity contribution in [1.82, 2.24) is 25.3 Å². The van der Waals surface area contributed by atoms with E-state index in [1.807, 2.05) is 43.6 Å². The highest BCUT2D eigenvalue weighted by atomic mass is 32.2. The highest BCUT2D eigenvalue weighted by Crippen LogP contribution is 2.22. The van der Waals surface area contributed by atoms with E-state index in [-0.39, 0.29) is 12.5 Å². The minimum atomic E-state index is 0.000666. The highest BCUT2D eigenvalue weighted by Gasteiger charge is 2.11. The summed E-state index contributed by atoms with van der Waals surface area (Å²) < 4.78 is 1.80. The molecule has 1 aromatic carbocycles. The zero-order valence-corrected chi connectivity index (χ0v) is 17.2. The van der Waals surface area contributed by atoms with Crippen molar-refractivity contribution < 1.29 is 4.79 Å². The Labute approximate surface area is 165 Å². The number of aliphatic imine (C=N–C) groups is 1. The second-order valence-corrected chi connectivity index (χ2v) is 7.25. The normalized spacial score (nSPS) is 11.3. The third-order valence-corrected chi connectivity index (χ3v) is 4.48. The van der Waals surface area contributed by atoms with Crippen molar-refractivity contribution >= 4 is 23.6 Å². The van der Waals surface area contributed by atoms with Gasteiger partial charge in [-0.05, 0) is 6.26 Å². The number of amides is 1. The Kier molecular flexibility index (Phi) is 8.19. The Morgan fingerprint density at radius 2 is 2.00 bits per heavy atom. The largest absolute Gasteiger partial charge is 0.356 e. The lowest BCUT2D eigenvalue weighted by Gasteiger charge is -2.14. The van der Waals surface area contributed by atoms with Crippen LogP contribution in [0.4, 0.5) is 0 Å². The Balaban J connectivity index is 2.13. The molecule has 7 nitrogen and oxygen atoms in total. The summed E-state index contributed by atoms with van der Waals surface area (Å²) in [4.78, 5) is 18.1. The lowest BCUT2D eigenvalue weighted by atomic mass is 10.1. The van der Waals surface area contributed by atoms with Crippen LogP contribution in [0.5, 0.6) is 0 Å². The van der Waals surface area contributed by atoms with Crippen molar-refractivity contribution in [1.29, 1.82) is 0 Å². The smallest absolute Gasteiger partial charge is 0.241 e. The van der Waals surface area contributed by atoms with E-state index in [0.717, 1.165) is 29.1 Å². The number of hydrogen-bond acceptors (Lipinski definition) is 4. The van der Waals surface area contributed by atoms with Gasteiger partial charge in [-0.15, -0.1) is 0 Å². The number of guanidine groups is 1. The third-order valence-electron chi connectivity index (χ3n) is 3.86. The molecular weight excluding hydrogens is 360 g/mol. The molecule has 2 rings (SSSR count). The highest BCUT2D eigenvalue weighted by molar-refractivity contribution is 7.98. The second kappa shape index (κ2) is 10.6. The first-order chi connectivity index (χ1) is 13.0. The van der Waals surface area contributed by atoms with Gasteiger partial charge < -0.3 is 15.5 Å². The Bertz CT molecular complexity index is 757. The van der Waals surface area contributed by atoms with E-state index >= 15 is 0 Å². The standard InChI is InChI=1S/C19H28N6OS/c1-24(2)17(26)13-22-19(20-10-11-27-4)21-12-16-14-25(3)23-18(16)15-8-6-5-7-9-15/h5-9,14H,10-13H2,1-4H3,(H2,20,21,22). The molecule has 2 N–H and O–H groups in total. The molecule has 0 unspecified atom stereocenters. The van der Waals surface area contributed by atoms with Gasteiger partial charge in [-0.25, -0.2) is 4.99 Å². The molecule has 146 valence electrons. The van der Waals surface area contributed by atoms with Gasteiger partial charge in [0.25, 0.3) is 0 Å². The molecule has 0 aliphatic carbocycles. The summed E-state index contributed by atoms with van der Waals surface area (Å²) in [5.41, 5.74) is 3.03. The van der Waals surface area contributed by atoms with Crippen molar-refractivity contribution in [3.05, 3.63) is 42.1 Å². The fourth-order valence-corrected chi connectivity index (χ4v) is 2.73. The number of likely N-dealkylation sites (N-methyl/N-ethyl adjacent to an activating group) is 1. The fraction of sp³-hybridized carbons (Fsp3) is 0.421. The third kappa shape index (κ3) is 6.63. The number of hydrogen-bond donors (Lipinski definition) is 2. The number of rotatable bonds is 8. The number of nitrogens with one attached hydrogen (secondary N) is 2. The monoisotopic (exact) mass is 388 g/mol. The van der Waals surface area contributed by atoms with Crippen LogP contribution in [0.1, 0.15) is 5.56 Å². The van der Waals surface area contributed by atoms with E-state index in [0.29, 0.717) is 12.5 Å². The van der Waals surface area contributed by atoms with Gasteiger partial charge in [-0.2, -0.15) is 16.9 Å². The zero-order valence-electron chi connectivity index (χ0n) is 16.4. The molecule has 1 aromatic heterocycles. The summed E-state index contributed by atoms with van der Waals surface area (Å²) in [7, 11) is 5.39. The first-order valence-corrected chi connectivity index (χ1v) is 10.2. The molecule has 0 fully saturated rings. The van der Waals surface area contributed by atoms with Gasteiger partial charge in [0.05, 0.1) is 18.8 Å². The molecule has 0 spiro atoms. The molecule has 2 aromatic rings. The fourth-order valence-electron chi connectivity index (χ4n) is 2.42. The maximum absolute atomic E-state index is 11.9. The van der Waals surface area contributed by atoms with E-state index in [1.54, 1.807) is 35.4 Å². The number of thioether (sulfide) groups is 1. The van der Waals surface area contributed by atoms with Gasteiger partial charge in [-0.1, -0.05) is 30.3 Å². The van der Waals surface area contributed by atoms with Crippen molar-refractivity contribution in [3.8, 4) is 11.3 Å². The minimum Gasteiger partial charge on any atom is -0.356 e. The number of aryl methyl sites for hydroxylation is 1. The summed E-state index contributed by atoms with van der Waals surface area (Å²) in [6.45, 7) is 1.46. The Hall–Kier alpha value is -2.48. The first-order valence-electron chi connectivity index (χ1n) is 8.80. The average Bonchev–Trinajstić information content (AvgIpc) is 3.04. The molecule has 1 heterocycles. The van der Waals surface area contributed by atoms with Crippen molar-refractivity contribution in [2.75, 3.05) is 39.2 Å². The predicted octanol–water partition coefficient (Wildman–Crippen LogP) is 1.57. The summed E-state index contributed by atoms with van der Waals surface area (Å²) in [6, 6.07) is 10.1. The number of nitrogens with zero attached hydrogens (tertiary/aromatic N) is 4. The van der Waals surface area contributed by atoms with Crippen LogP contribution in [0.3, 0.4) is 0 Å². The number of aromatic nitrogens is 2. The summed E-state index contributed by atoms with van der Waals surface area (Å²) >= 11 is 1.76. The van der Waals surface area contributed by atoms with Crippen LogP contribution in [-0.2, 0) is 18.4 Å². The number of carbonyl (C=O) groups is 1. The molecule has 0 saturated carbocycles. The maximum Gasteiger partial charge on any atom is 0.241 e. The van der Waals surface area contributed by atoms with Crippen LogP contribution in [0, 0.1) is 0 Å². The molecule has 0 atom stereocenters. The van der Waals surface area contributed by atoms with Crippen LogP contribution < -0.4 is 10.6 Å². The van der Waals surface area contributed by atoms with Gasteiger partial charge in [-0.3, -0.25) is 9.48 Å². The van der Waals surface area contributed by atoms with Gasteiger partial charge in [0.1, 0.15) is 0 Å². The Morgan fingerprint density at radius 3 is 2.67 bits per heavy atom. The second-order valence-electron chi connectivity index (χ2n) is 6.27. The van der Waals surface area contributed by atoms with Crippen LogP contribution >= 0.6 is 11.8 Å². The molecule has 0 aliphatic heterocycles. The summed E-state index contributed by atoms with van der Waals surface area (Å²) in [5, 5.41) is 11.0. The number of benzene rings is 1. The van der Waals surface area contributed by atoms with Crippen molar-refractivity contribution in [3.63, 3.8) is 0 Å². The molecule has 1 amide bonds. The summed E-state index contributed by atoms with van der Waals surface area (Å²) in [5.74, 6) is 1.59. The molecular formula is C19H28N6OS. The molecule has 0 bridgehead atoms. The minimum absolute atomic E-state index is 0.000666. The molecule has 8 heteroatoms. The van der Waals surface area contributed by atoms with Crippen molar-refractivity contribution in [2.24, 2.45) is 12.0 Å². The topological polar surface area (TPSA) is 74.5 Å². The molecule has 0 saturated heterocycles. The first kappa shape index (κ1) is 20.8. The van der Waals surface area contributed by atoms with Crippen LogP contribution in [0.15, 0.2) is 41.5 Å². The van der Waals surface area contributed by atoms with Crippen LogP contribution in [0.2, 0.25) is 0 Å². The van der Waals surface area contributed by atoms with E-state index in [2.05, 4.69) is 27.0 Å². The van der Waals surface area contributed by atoms with Gasteiger partial charge >= 0.3 is 0 Å². The zero-order chi connectivity index (χ0) is 19.6. The predicted molar refractivity (Wildman–Crippen MR) is 113 cm³/mol. The average molecular weight is 389 g/mol. The van der Waals surface area contributed by atoms with E-state index < -0.39 is 0 Å². The quantitative estimate of drug-likeness (QED) is 0.408. The SMILES string of the molecule is CSCCNC(=NCc1cn(C)nc1-c1ccccc1)NCC(=O)N(C)C. The number of carbonyl (C=O) groups excluding carboxylic acids is 1. The summed E-state index contributed by atoms with van der Waals surface area (Å²) in [6.07, 6.45) is 4.04. The van der Waals surface area contributed by atoms with Gasteiger partial charge in [0, 0.05) is 50.8 Å². The molecule has 27 heavy (non-hydrogen) atoms. The van der Waals surface area contributed by atoms with Crippen molar-refractivity contribution in [2.45, 2.75) is 6.54 Å². The van der Waals surface area contributed by atoms with Crippen LogP contribution in [0.25, 0.3) is 11.3 Å². The lowest BCUT2D eigenvalue weighted by Crippen LogP contribution is -2.43. The molecule has 0 aliphatic rings. The lowest BCUT2D eigenvalue weighted by molar-refractivity contribution is -0.127. The van der Waals surface area contributed by atoms with E-state index in [9.17, 15) is 4.79 Å². The van der Waals surface area contributed by atoms with Crippen LogP contribution in [-0.4, -0.2) is 65.7 Å². The molecule has 0 radical (unpaired) electrons. The maximum atomic E-state index is 11.9. The van der Waals surface area contributed by atoms with Gasteiger partial charge in [0.2, 0.25) is 5.91 Å². The van der Waals surface area contributed by atoms with E-state index in [1.165, 1.54) is 0 Å².